The second-order valence-corrected chi connectivity index (χ2v) is 12.5. The first-order valence-corrected chi connectivity index (χ1v) is 14.9. The van der Waals surface area contributed by atoms with Gasteiger partial charge in [-0.1, -0.05) is 12.1 Å². The summed E-state index contributed by atoms with van der Waals surface area (Å²) in [5.41, 5.74) is 1.31. The van der Waals surface area contributed by atoms with Crippen LogP contribution in [0.2, 0.25) is 0 Å². The molecular weight excluding hydrogens is 563 g/mol. The van der Waals surface area contributed by atoms with Gasteiger partial charge in [-0.25, -0.2) is 22.6 Å². The molecule has 1 unspecified atom stereocenters. The quantitative estimate of drug-likeness (QED) is 0.346. The summed E-state index contributed by atoms with van der Waals surface area (Å²) in [5.74, 6) is -2.39. The molecule has 0 bridgehead atoms. The summed E-state index contributed by atoms with van der Waals surface area (Å²) >= 11 is 0.942. The number of carbonyl (C=O) groups is 3. The minimum absolute atomic E-state index is 0.0538. The van der Waals surface area contributed by atoms with Crippen molar-refractivity contribution in [3.8, 4) is 11.1 Å². The second kappa shape index (κ2) is 12.3. The van der Waals surface area contributed by atoms with E-state index in [4.69, 9.17) is 9.47 Å². The second-order valence-electron chi connectivity index (χ2n) is 9.23. The van der Waals surface area contributed by atoms with Crippen molar-refractivity contribution in [1.82, 2.24) is 15.6 Å². The topological polar surface area (TPSA) is 144 Å². The molecule has 2 aromatic carbocycles. The van der Waals surface area contributed by atoms with E-state index in [-0.39, 0.29) is 35.3 Å². The summed E-state index contributed by atoms with van der Waals surface area (Å²) in [5, 5.41) is 3.36. The number of hydrogen-bond donors (Lipinski definition) is 2. The Hall–Kier alpha value is -3.62. The maximum absolute atomic E-state index is 15.3. The molecule has 1 atom stereocenters. The number of rotatable bonds is 11. The number of carbonyl (C=O) groups excluding carboxylic acids is 3. The molecule has 0 aliphatic heterocycles. The zero-order valence-corrected chi connectivity index (χ0v) is 23.7. The van der Waals surface area contributed by atoms with E-state index in [1.54, 1.807) is 24.3 Å². The van der Waals surface area contributed by atoms with Gasteiger partial charge in [0.25, 0.3) is 0 Å². The van der Waals surface area contributed by atoms with Crippen molar-refractivity contribution in [3.63, 3.8) is 0 Å². The lowest BCUT2D eigenvalue weighted by Gasteiger charge is -2.16. The number of ether oxygens (including phenoxy) is 2. The highest BCUT2D eigenvalue weighted by Crippen LogP contribution is 2.36. The molecule has 2 N–H and O–H groups in total. The van der Waals surface area contributed by atoms with Gasteiger partial charge >= 0.3 is 6.09 Å². The van der Waals surface area contributed by atoms with Gasteiger partial charge in [-0.3, -0.25) is 14.5 Å². The number of hydrogen-bond acceptors (Lipinski definition) is 9. The summed E-state index contributed by atoms with van der Waals surface area (Å²) in [4.78, 5) is 42.7. The molecule has 0 saturated heterocycles. The van der Waals surface area contributed by atoms with Crippen molar-refractivity contribution in [2.24, 2.45) is 0 Å². The van der Waals surface area contributed by atoms with Gasteiger partial charge in [0.05, 0.1) is 36.2 Å². The molecule has 3 aromatic rings. The Bertz CT molecular complexity index is 1540. The maximum atomic E-state index is 15.3. The smallest absolute Gasteiger partial charge is 0.413 e. The Morgan fingerprint density at radius 2 is 1.95 bits per heavy atom. The molecule has 11 nitrogen and oxygen atoms in total. The van der Waals surface area contributed by atoms with E-state index in [0.717, 1.165) is 24.2 Å². The van der Waals surface area contributed by atoms with Crippen LogP contribution in [-0.2, 0) is 28.9 Å². The van der Waals surface area contributed by atoms with Crippen LogP contribution in [0.15, 0.2) is 36.4 Å². The molecule has 1 aliphatic carbocycles. The van der Waals surface area contributed by atoms with Gasteiger partial charge in [0.1, 0.15) is 10.8 Å². The number of benzene rings is 2. The Morgan fingerprint density at radius 3 is 2.62 bits per heavy atom. The van der Waals surface area contributed by atoms with Crippen LogP contribution in [0, 0.1) is 5.82 Å². The summed E-state index contributed by atoms with van der Waals surface area (Å²) in [6.45, 7) is -0.528. The van der Waals surface area contributed by atoms with Crippen LogP contribution in [0.1, 0.15) is 23.1 Å². The van der Waals surface area contributed by atoms with Crippen LogP contribution in [0.25, 0.3) is 21.3 Å². The average Bonchev–Trinajstić information content (AvgIpc) is 3.66. The van der Waals surface area contributed by atoms with Crippen LogP contribution in [0.4, 0.5) is 14.9 Å². The number of nitrogens with one attached hydrogen (secondary N) is 2. The molecule has 1 heterocycles. The van der Waals surface area contributed by atoms with Crippen LogP contribution >= 0.6 is 11.3 Å². The molecule has 214 valence electrons. The van der Waals surface area contributed by atoms with E-state index in [2.05, 4.69) is 15.6 Å². The fourth-order valence-electron chi connectivity index (χ4n) is 3.94. The van der Waals surface area contributed by atoms with Crippen molar-refractivity contribution in [2.45, 2.75) is 24.1 Å². The minimum atomic E-state index is -4.11. The van der Waals surface area contributed by atoms with E-state index < -0.39 is 44.6 Å². The number of nitrogens with zero attached hydrogens (tertiary/aromatic N) is 2. The van der Waals surface area contributed by atoms with Crippen molar-refractivity contribution >= 4 is 55.0 Å². The van der Waals surface area contributed by atoms with Gasteiger partial charge in [-0.2, -0.15) is 0 Å². The van der Waals surface area contributed by atoms with Gasteiger partial charge in [0.2, 0.25) is 11.8 Å². The number of aromatic nitrogens is 1. The van der Waals surface area contributed by atoms with E-state index in [9.17, 15) is 22.8 Å². The lowest BCUT2D eigenvalue weighted by molar-refractivity contribution is -0.126. The molecule has 3 amide bonds. The Morgan fingerprint density at radius 1 is 1.20 bits per heavy atom. The summed E-state index contributed by atoms with van der Waals surface area (Å²) in [6.07, 6.45) is 1.14. The molecular formula is C26H29FN4O7S2. The van der Waals surface area contributed by atoms with Crippen LogP contribution < -0.4 is 15.5 Å². The standard InChI is InChI=1S/C26H29FN4O7S2/c1-31(26(34)38-3)17-6-4-5-15(11-17)18-12-21-20(13-19(18)27)30-25(39-21)23(40(35,36)10-9-37-2)24(33)28-14-22(32)29-16-7-8-16/h4-6,11-13,16,23H,7-10,14H2,1-3H3,(H,28,33)(H,29,32). The lowest BCUT2D eigenvalue weighted by Crippen LogP contribution is -2.41. The predicted molar refractivity (Wildman–Crippen MR) is 148 cm³/mol. The lowest BCUT2D eigenvalue weighted by atomic mass is 10.0. The molecule has 14 heteroatoms. The fraction of sp³-hybridized carbons (Fsp3) is 0.385. The zero-order chi connectivity index (χ0) is 29.0. The molecule has 1 aliphatic rings. The Kier molecular flexibility index (Phi) is 9.01. The average molecular weight is 593 g/mol. The van der Waals surface area contributed by atoms with Crippen LogP contribution in [0.5, 0.6) is 0 Å². The third-order valence-corrected chi connectivity index (χ3v) is 9.37. The molecule has 1 aromatic heterocycles. The highest BCUT2D eigenvalue weighted by atomic mass is 32.2. The van der Waals surface area contributed by atoms with Gasteiger partial charge in [0.15, 0.2) is 15.1 Å². The van der Waals surface area contributed by atoms with E-state index >= 15 is 4.39 Å². The normalized spacial score (nSPS) is 14.0. The molecule has 0 radical (unpaired) electrons. The number of methoxy groups -OCH3 is 2. The van der Waals surface area contributed by atoms with E-state index in [0.29, 0.717) is 16.0 Å². The third kappa shape index (κ3) is 6.74. The number of sulfone groups is 1. The fourth-order valence-corrected chi connectivity index (χ4v) is 6.89. The third-order valence-electron chi connectivity index (χ3n) is 6.25. The van der Waals surface area contributed by atoms with Crippen molar-refractivity contribution in [3.05, 3.63) is 47.2 Å². The van der Waals surface area contributed by atoms with Gasteiger partial charge in [-0.05, 0) is 36.6 Å². The number of thiazole rings is 1. The molecule has 40 heavy (non-hydrogen) atoms. The summed E-state index contributed by atoms with van der Waals surface area (Å²) < 4.78 is 51.7. The summed E-state index contributed by atoms with van der Waals surface area (Å²) in [6, 6.07) is 9.37. The van der Waals surface area contributed by atoms with Crippen molar-refractivity contribution in [1.29, 1.82) is 0 Å². The first kappa shape index (κ1) is 29.4. The maximum Gasteiger partial charge on any atom is 0.413 e. The van der Waals surface area contributed by atoms with Crippen molar-refractivity contribution in [2.75, 3.05) is 45.1 Å². The highest BCUT2D eigenvalue weighted by molar-refractivity contribution is 7.92. The van der Waals surface area contributed by atoms with E-state index in [1.807, 2.05) is 0 Å². The number of fused-ring (bicyclic) bond motifs is 1. The SMILES string of the molecule is COCCS(=O)(=O)C(C(=O)NCC(=O)NC1CC1)c1nc2cc(F)c(-c3cccc(N(C)C(=O)OC)c3)cc2s1. The highest BCUT2D eigenvalue weighted by Gasteiger charge is 2.37. The summed E-state index contributed by atoms with van der Waals surface area (Å²) in [7, 11) is 0.00700. The number of halogens is 1. The minimum Gasteiger partial charge on any atom is -0.452 e. The van der Waals surface area contributed by atoms with Crippen LogP contribution in [0.3, 0.4) is 0 Å². The number of anilines is 1. The zero-order valence-electron chi connectivity index (χ0n) is 22.1. The van der Waals surface area contributed by atoms with Crippen molar-refractivity contribution < 1.29 is 36.7 Å². The predicted octanol–water partition coefficient (Wildman–Crippen LogP) is 2.80. The van der Waals surface area contributed by atoms with Gasteiger partial charge in [0, 0.05) is 37.5 Å². The Balaban J connectivity index is 1.67. The molecule has 0 spiro atoms. The van der Waals surface area contributed by atoms with E-state index in [1.165, 1.54) is 38.3 Å². The first-order chi connectivity index (χ1) is 19.0. The largest absolute Gasteiger partial charge is 0.452 e. The Labute approximate surface area is 234 Å². The number of amides is 3. The van der Waals surface area contributed by atoms with Crippen LogP contribution in [-0.4, -0.2) is 77.5 Å². The van der Waals surface area contributed by atoms with Gasteiger partial charge in [-0.15, -0.1) is 11.3 Å². The molecule has 4 rings (SSSR count). The molecule has 1 fully saturated rings. The molecule has 1 saturated carbocycles. The monoisotopic (exact) mass is 592 g/mol. The first-order valence-electron chi connectivity index (χ1n) is 12.3. The van der Waals surface area contributed by atoms with Gasteiger partial charge < -0.3 is 20.1 Å².